The Morgan fingerprint density at radius 3 is 2.78 bits per heavy atom. The Morgan fingerprint density at radius 1 is 1.33 bits per heavy atom. The molecule has 1 unspecified atom stereocenters. The van der Waals surface area contributed by atoms with Crippen LogP contribution >= 0.6 is 35.6 Å². The van der Waals surface area contributed by atoms with Crippen molar-refractivity contribution >= 4 is 47.4 Å². The van der Waals surface area contributed by atoms with Crippen LogP contribution in [0.25, 0.3) is 0 Å². The Morgan fingerprint density at radius 2 is 2.11 bits per heavy atom. The summed E-state index contributed by atoms with van der Waals surface area (Å²) in [4.78, 5) is 31.0. The van der Waals surface area contributed by atoms with Gasteiger partial charge in [0.2, 0.25) is 5.91 Å². The lowest BCUT2D eigenvalue weighted by atomic mass is 10.1. The molecule has 1 aromatic carbocycles. The van der Waals surface area contributed by atoms with Crippen molar-refractivity contribution in [1.82, 2.24) is 25.1 Å². The third-order valence-corrected chi connectivity index (χ3v) is 5.04. The highest BCUT2D eigenvalue weighted by Gasteiger charge is 2.30. The van der Waals surface area contributed by atoms with Gasteiger partial charge >= 0.3 is 0 Å². The van der Waals surface area contributed by atoms with Gasteiger partial charge in [-0.2, -0.15) is 0 Å². The Kier molecular flexibility index (Phi) is 7.49. The lowest BCUT2D eigenvalue weighted by Crippen LogP contribution is -2.52. The Labute approximate surface area is 173 Å². The normalized spacial score (nSPS) is 16.6. The number of carbonyl (C=O) groups excluding carboxylic acids is 2. The van der Waals surface area contributed by atoms with Crippen LogP contribution in [-0.2, 0) is 11.8 Å². The highest BCUT2D eigenvalue weighted by Crippen LogP contribution is 2.23. The second-order valence-electron chi connectivity index (χ2n) is 6.01. The van der Waals surface area contributed by atoms with Gasteiger partial charge in [-0.15, -0.1) is 12.4 Å². The van der Waals surface area contributed by atoms with E-state index in [9.17, 15) is 9.59 Å². The van der Waals surface area contributed by atoms with Gasteiger partial charge in [-0.05, 0) is 18.2 Å². The largest absolute Gasteiger partial charge is 0.343 e. The van der Waals surface area contributed by atoms with Gasteiger partial charge < -0.3 is 20.1 Å². The molecule has 10 heteroatoms. The molecule has 0 aliphatic carbocycles. The molecule has 1 fully saturated rings. The van der Waals surface area contributed by atoms with Crippen LogP contribution in [0.3, 0.4) is 0 Å². The standard InChI is InChI=1S/C17H19Cl2N5O2.ClH/c1-23-6-5-21-16(23)14-9-20-4-7-24(14)15(25)10-22-17(26)11-2-3-12(18)13(19)8-11;/h2-3,5-6,8,14,20H,4,7,9-10H2,1H3,(H,22,26);1H. The van der Waals surface area contributed by atoms with Crippen LogP contribution in [0.2, 0.25) is 10.0 Å². The third kappa shape index (κ3) is 4.93. The molecule has 2 N–H and O–H groups in total. The number of piperazine rings is 1. The fraction of sp³-hybridized carbons (Fsp3) is 0.353. The maximum Gasteiger partial charge on any atom is 0.251 e. The zero-order chi connectivity index (χ0) is 18.7. The smallest absolute Gasteiger partial charge is 0.251 e. The second-order valence-corrected chi connectivity index (χ2v) is 6.83. The fourth-order valence-electron chi connectivity index (χ4n) is 2.93. The maximum absolute atomic E-state index is 12.7. The monoisotopic (exact) mass is 431 g/mol. The van der Waals surface area contributed by atoms with Crippen LogP contribution in [-0.4, -0.2) is 52.4 Å². The first-order chi connectivity index (χ1) is 12.5. The highest BCUT2D eigenvalue weighted by atomic mass is 35.5. The number of rotatable bonds is 4. The van der Waals surface area contributed by atoms with E-state index in [0.29, 0.717) is 35.2 Å². The number of halogens is 3. The fourth-order valence-corrected chi connectivity index (χ4v) is 3.23. The average molecular weight is 433 g/mol. The van der Waals surface area contributed by atoms with E-state index in [2.05, 4.69) is 15.6 Å². The van der Waals surface area contributed by atoms with Crippen LogP contribution < -0.4 is 10.6 Å². The molecule has 1 atom stereocenters. The van der Waals surface area contributed by atoms with Crippen molar-refractivity contribution in [2.75, 3.05) is 26.2 Å². The van der Waals surface area contributed by atoms with Crippen molar-refractivity contribution in [3.8, 4) is 0 Å². The second kappa shape index (κ2) is 9.41. The lowest BCUT2D eigenvalue weighted by Gasteiger charge is -2.35. The van der Waals surface area contributed by atoms with E-state index in [1.807, 2.05) is 17.8 Å². The van der Waals surface area contributed by atoms with E-state index in [0.717, 1.165) is 5.82 Å². The predicted molar refractivity (Wildman–Crippen MR) is 107 cm³/mol. The first kappa shape index (κ1) is 21.5. The first-order valence-electron chi connectivity index (χ1n) is 8.18. The summed E-state index contributed by atoms with van der Waals surface area (Å²) in [5.41, 5.74) is 0.355. The van der Waals surface area contributed by atoms with Gasteiger partial charge in [-0.3, -0.25) is 9.59 Å². The van der Waals surface area contributed by atoms with Crippen LogP contribution in [0.5, 0.6) is 0 Å². The maximum atomic E-state index is 12.7. The summed E-state index contributed by atoms with van der Waals surface area (Å²) in [5.74, 6) is 0.273. The van der Waals surface area contributed by atoms with Crippen LogP contribution in [0.1, 0.15) is 22.2 Å². The molecule has 0 saturated carbocycles. The number of carbonyl (C=O) groups is 2. The number of hydrogen-bond acceptors (Lipinski definition) is 4. The van der Waals surface area contributed by atoms with E-state index in [1.165, 1.54) is 6.07 Å². The first-order valence-corrected chi connectivity index (χ1v) is 8.93. The molecule has 0 bridgehead atoms. The third-order valence-electron chi connectivity index (χ3n) is 4.30. The van der Waals surface area contributed by atoms with Gasteiger partial charge in [0.25, 0.3) is 5.91 Å². The average Bonchev–Trinajstić information content (AvgIpc) is 3.07. The van der Waals surface area contributed by atoms with Crippen molar-refractivity contribution in [1.29, 1.82) is 0 Å². The Hall–Kier alpha value is -1.80. The number of imidazole rings is 1. The van der Waals surface area contributed by atoms with Crippen LogP contribution in [0, 0.1) is 0 Å². The zero-order valence-electron chi connectivity index (χ0n) is 14.6. The Balaban J connectivity index is 0.00000261. The molecule has 1 saturated heterocycles. The predicted octanol–water partition coefficient (Wildman–Crippen LogP) is 2.05. The minimum Gasteiger partial charge on any atom is -0.343 e. The van der Waals surface area contributed by atoms with E-state index in [-0.39, 0.29) is 36.8 Å². The van der Waals surface area contributed by atoms with Gasteiger partial charge in [0.1, 0.15) is 11.9 Å². The van der Waals surface area contributed by atoms with Crippen molar-refractivity contribution in [3.05, 3.63) is 52.0 Å². The SMILES string of the molecule is Cl.Cn1ccnc1C1CNCCN1C(=O)CNC(=O)c1ccc(Cl)c(Cl)c1. The molecule has 2 aromatic rings. The molecule has 2 heterocycles. The van der Waals surface area contributed by atoms with Crippen molar-refractivity contribution in [3.63, 3.8) is 0 Å². The molecule has 27 heavy (non-hydrogen) atoms. The van der Waals surface area contributed by atoms with Crippen LogP contribution in [0.15, 0.2) is 30.6 Å². The zero-order valence-corrected chi connectivity index (χ0v) is 16.9. The summed E-state index contributed by atoms with van der Waals surface area (Å²) in [6.07, 6.45) is 3.55. The Bertz CT molecular complexity index is 827. The molecule has 0 radical (unpaired) electrons. The highest BCUT2D eigenvalue weighted by molar-refractivity contribution is 6.42. The molecule has 1 aliphatic heterocycles. The summed E-state index contributed by atoms with van der Waals surface area (Å²) in [6.45, 7) is 1.78. The number of nitrogens with one attached hydrogen (secondary N) is 2. The topological polar surface area (TPSA) is 79.3 Å². The number of aromatic nitrogens is 2. The van der Waals surface area contributed by atoms with Gasteiger partial charge in [-0.1, -0.05) is 23.2 Å². The van der Waals surface area contributed by atoms with Gasteiger partial charge in [0.15, 0.2) is 0 Å². The van der Waals surface area contributed by atoms with Crippen molar-refractivity contribution < 1.29 is 9.59 Å². The molecular formula is C17H20Cl3N5O2. The minimum absolute atomic E-state index is 0. The molecule has 0 spiro atoms. The van der Waals surface area contributed by atoms with E-state index in [1.54, 1.807) is 23.2 Å². The molecule has 1 aliphatic rings. The number of amides is 2. The summed E-state index contributed by atoms with van der Waals surface area (Å²) >= 11 is 11.8. The number of benzene rings is 1. The van der Waals surface area contributed by atoms with E-state index < -0.39 is 0 Å². The quantitative estimate of drug-likeness (QED) is 0.775. The molecule has 3 rings (SSSR count). The van der Waals surface area contributed by atoms with Crippen LogP contribution in [0.4, 0.5) is 0 Å². The van der Waals surface area contributed by atoms with Gasteiger partial charge in [0.05, 0.1) is 16.6 Å². The molecule has 7 nitrogen and oxygen atoms in total. The van der Waals surface area contributed by atoms with Gasteiger partial charge in [-0.25, -0.2) is 4.98 Å². The summed E-state index contributed by atoms with van der Waals surface area (Å²) in [7, 11) is 1.89. The number of aryl methyl sites for hydroxylation is 1. The molecule has 2 amide bonds. The lowest BCUT2D eigenvalue weighted by molar-refractivity contribution is -0.133. The molecule has 1 aromatic heterocycles. The minimum atomic E-state index is -0.374. The van der Waals surface area contributed by atoms with Crippen molar-refractivity contribution in [2.45, 2.75) is 6.04 Å². The van der Waals surface area contributed by atoms with E-state index >= 15 is 0 Å². The molecule has 146 valence electrons. The van der Waals surface area contributed by atoms with Gasteiger partial charge in [0, 0.05) is 44.6 Å². The number of hydrogen-bond donors (Lipinski definition) is 2. The summed E-state index contributed by atoms with van der Waals surface area (Å²) < 4.78 is 1.90. The van der Waals surface area contributed by atoms with Crippen molar-refractivity contribution in [2.24, 2.45) is 7.05 Å². The summed E-state index contributed by atoms with van der Waals surface area (Å²) in [5, 5.41) is 6.59. The number of nitrogens with zero attached hydrogens (tertiary/aromatic N) is 3. The van der Waals surface area contributed by atoms with E-state index in [4.69, 9.17) is 23.2 Å². The summed E-state index contributed by atoms with van der Waals surface area (Å²) in [6, 6.07) is 4.42. The molecular weight excluding hydrogens is 413 g/mol.